The zero-order valence-electron chi connectivity index (χ0n) is 20.7. The van der Waals surface area contributed by atoms with Crippen molar-refractivity contribution in [2.24, 2.45) is 0 Å². The molecule has 7 nitrogen and oxygen atoms in total. The van der Waals surface area contributed by atoms with Crippen molar-refractivity contribution in [3.8, 4) is 28.6 Å². The second kappa shape index (κ2) is 10.6. The molecule has 0 unspecified atom stereocenters. The average molecular weight is 499 g/mol. The number of benzene rings is 3. The number of imidazole rings is 1. The van der Waals surface area contributed by atoms with Gasteiger partial charge in [-0.15, -0.1) is 0 Å². The van der Waals surface area contributed by atoms with E-state index in [4.69, 9.17) is 4.98 Å². The average Bonchev–Trinajstić information content (AvgIpc) is 3.45. The van der Waals surface area contributed by atoms with Crippen molar-refractivity contribution in [3.05, 3.63) is 132 Å². The molecule has 0 fully saturated rings. The number of fused-ring (bicyclic) bond motifs is 1. The fourth-order valence-electron chi connectivity index (χ4n) is 4.57. The van der Waals surface area contributed by atoms with Crippen LogP contribution in [0, 0.1) is 0 Å². The molecule has 0 aliphatic rings. The molecule has 0 radical (unpaired) electrons. The number of hydrogen-bond acceptors (Lipinski definition) is 5. The zero-order valence-corrected chi connectivity index (χ0v) is 20.7. The van der Waals surface area contributed by atoms with Crippen LogP contribution in [0.1, 0.15) is 5.56 Å². The molecule has 38 heavy (non-hydrogen) atoms. The molecule has 3 aromatic carbocycles. The number of nitrogens with zero attached hydrogens (tertiary/aromatic N) is 5. The van der Waals surface area contributed by atoms with Gasteiger partial charge in [0, 0.05) is 49.4 Å². The molecule has 0 atom stereocenters. The van der Waals surface area contributed by atoms with E-state index >= 15 is 0 Å². The van der Waals surface area contributed by atoms with Crippen LogP contribution in [-0.2, 0) is 13.1 Å². The molecular formula is C31H26N6O. The third kappa shape index (κ3) is 4.75. The minimum absolute atomic E-state index is 0.146. The monoisotopic (exact) mass is 498 g/mol. The summed E-state index contributed by atoms with van der Waals surface area (Å²) in [7, 11) is 0. The Morgan fingerprint density at radius 3 is 2.24 bits per heavy atom. The predicted molar refractivity (Wildman–Crippen MR) is 150 cm³/mol. The van der Waals surface area contributed by atoms with Gasteiger partial charge in [-0.25, -0.2) is 19.5 Å². The van der Waals surface area contributed by atoms with Gasteiger partial charge in [-0.1, -0.05) is 72.8 Å². The maximum Gasteiger partial charge on any atom is 0.267 e. The highest BCUT2D eigenvalue weighted by molar-refractivity contribution is 5.80. The van der Waals surface area contributed by atoms with Crippen molar-refractivity contribution in [1.82, 2.24) is 29.4 Å². The van der Waals surface area contributed by atoms with E-state index in [1.807, 2.05) is 79.1 Å². The van der Waals surface area contributed by atoms with Crippen molar-refractivity contribution in [2.75, 3.05) is 6.54 Å². The fourth-order valence-corrected chi connectivity index (χ4v) is 4.57. The maximum atomic E-state index is 13.5. The van der Waals surface area contributed by atoms with Gasteiger partial charge in [0.05, 0.1) is 10.9 Å². The van der Waals surface area contributed by atoms with Crippen LogP contribution in [-0.4, -0.2) is 30.6 Å². The van der Waals surface area contributed by atoms with Gasteiger partial charge in [-0.05, 0) is 29.8 Å². The molecule has 0 aliphatic heterocycles. The largest absolute Gasteiger partial charge is 0.330 e. The van der Waals surface area contributed by atoms with Gasteiger partial charge in [0.1, 0.15) is 17.5 Å². The smallest absolute Gasteiger partial charge is 0.267 e. The molecule has 0 saturated heterocycles. The fraction of sp³-hybridized carbons (Fsp3) is 0.0968. The Morgan fingerprint density at radius 1 is 0.711 bits per heavy atom. The third-order valence-electron chi connectivity index (χ3n) is 6.47. The summed E-state index contributed by atoms with van der Waals surface area (Å²) < 4.78 is 3.72. The summed E-state index contributed by atoms with van der Waals surface area (Å²) in [5.41, 5.74) is 3.59. The topological polar surface area (TPSA) is 77.6 Å². The lowest BCUT2D eigenvalue weighted by molar-refractivity contribution is 0.601. The Kier molecular flexibility index (Phi) is 6.57. The Labute approximate surface area is 220 Å². The molecule has 0 aliphatic carbocycles. The van der Waals surface area contributed by atoms with E-state index in [1.54, 1.807) is 16.8 Å². The molecule has 7 heteroatoms. The van der Waals surface area contributed by atoms with E-state index < -0.39 is 0 Å². The van der Waals surface area contributed by atoms with Crippen LogP contribution in [0.25, 0.3) is 39.5 Å². The number of rotatable bonds is 8. The summed E-state index contributed by atoms with van der Waals surface area (Å²) in [4.78, 5) is 27.4. The SMILES string of the molecule is O=c1c2ccccc2nc(-c2ccc(-c3nccn3CCNCc3ccccc3)cc2)n1-c1ccccn1. The Morgan fingerprint density at radius 2 is 1.45 bits per heavy atom. The van der Waals surface area contributed by atoms with Gasteiger partial charge in [0.15, 0.2) is 0 Å². The highest BCUT2D eigenvalue weighted by Gasteiger charge is 2.15. The molecule has 0 amide bonds. The standard InChI is InChI=1S/C31H26N6O/c38-31-26-10-4-5-11-27(26)35-30(37(31)28-12-6-7-17-33-28)25-15-13-24(14-16-25)29-34-19-21-36(29)20-18-32-22-23-8-2-1-3-9-23/h1-17,19,21,32H,18,20,22H2. The molecule has 3 heterocycles. The third-order valence-corrected chi connectivity index (χ3v) is 6.47. The van der Waals surface area contributed by atoms with Gasteiger partial charge >= 0.3 is 0 Å². The van der Waals surface area contributed by atoms with Crippen molar-refractivity contribution < 1.29 is 0 Å². The highest BCUT2D eigenvalue weighted by Crippen LogP contribution is 2.25. The molecule has 1 N–H and O–H groups in total. The first kappa shape index (κ1) is 23.5. The van der Waals surface area contributed by atoms with Crippen LogP contribution < -0.4 is 10.9 Å². The lowest BCUT2D eigenvalue weighted by Crippen LogP contribution is -2.22. The predicted octanol–water partition coefficient (Wildman–Crippen LogP) is 5.10. The molecular weight excluding hydrogens is 472 g/mol. The molecule has 0 spiro atoms. The Balaban J connectivity index is 1.28. The molecule has 0 bridgehead atoms. The van der Waals surface area contributed by atoms with Gasteiger partial charge < -0.3 is 9.88 Å². The van der Waals surface area contributed by atoms with Gasteiger partial charge in [-0.3, -0.25) is 4.79 Å². The Bertz CT molecular complexity index is 1720. The number of hydrogen-bond donors (Lipinski definition) is 1. The van der Waals surface area contributed by atoms with Crippen molar-refractivity contribution in [2.45, 2.75) is 13.1 Å². The molecule has 6 aromatic rings. The summed E-state index contributed by atoms with van der Waals surface area (Å²) in [5.74, 6) is 1.98. The first-order valence-corrected chi connectivity index (χ1v) is 12.6. The quantitative estimate of drug-likeness (QED) is 0.296. The van der Waals surface area contributed by atoms with Crippen LogP contribution in [0.15, 0.2) is 120 Å². The molecule has 186 valence electrons. The second-order valence-corrected chi connectivity index (χ2v) is 8.97. The molecule has 6 rings (SSSR count). The summed E-state index contributed by atoms with van der Waals surface area (Å²) in [6, 6.07) is 31.3. The van der Waals surface area contributed by atoms with E-state index in [0.29, 0.717) is 22.5 Å². The molecule has 0 saturated carbocycles. The van der Waals surface area contributed by atoms with Gasteiger partial charge in [0.25, 0.3) is 5.56 Å². The van der Waals surface area contributed by atoms with Crippen molar-refractivity contribution in [3.63, 3.8) is 0 Å². The van der Waals surface area contributed by atoms with Gasteiger partial charge in [0.2, 0.25) is 0 Å². The second-order valence-electron chi connectivity index (χ2n) is 8.97. The van der Waals surface area contributed by atoms with Crippen LogP contribution in [0.2, 0.25) is 0 Å². The minimum atomic E-state index is -0.146. The maximum absolute atomic E-state index is 13.5. The summed E-state index contributed by atoms with van der Waals surface area (Å²) >= 11 is 0. The van der Waals surface area contributed by atoms with E-state index in [2.05, 4.69) is 44.1 Å². The van der Waals surface area contributed by atoms with Gasteiger partial charge in [-0.2, -0.15) is 0 Å². The van der Waals surface area contributed by atoms with Crippen LogP contribution in [0.4, 0.5) is 0 Å². The number of para-hydroxylation sites is 1. The lowest BCUT2D eigenvalue weighted by Gasteiger charge is -2.14. The van der Waals surface area contributed by atoms with Crippen LogP contribution in [0.5, 0.6) is 0 Å². The highest BCUT2D eigenvalue weighted by atomic mass is 16.1. The normalized spacial score (nSPS) is 11.2. The summed E-state index contributed by atoms with van der Waals surface area (Å²) in [5, 5.41) is 4.05. The van der Waals surface area contributed by atoms with Crippen LogP contribution in [0.3, 0.4) is 0 Å². The van der Waals surface area contributed by atoms with Crippen molar-refractivity contribution >= 4 is 10.9 Å². The van der Waals surface area contributed by atoms with E-state index in [-0.39, 0.29) is 5.56 Å². The summed E-state index contributed by atoms with van der Waals surface area (Å²) in [6.07, 6.45) is 5.50. The number of nitrogens with one attached hydrogen (secondary N) is 1. The lowest BCUT2D eigenvalue weighted by atomic mass is 10.1. The zero-order chi connectivity index (χ0) is 25.7. The summed E-state index contributed by atoms with van der Waals surface area (Å²) in [6.45, 7) is 2.46. The minimum Gasteiger partial charge on any atom is -0.330 e. The van der Waals surface area contributed by atoms with Crippen molar-refractivity contribution in [1.29, 1.82) is 0 Å². The first-order valence-electron chi connectivity index (χ1n) is 12.6. The molecule has 3 aromatic heterocycles. The van der Waals surface area contributed by atoms with E-state index in [9.17, 15) is 4.79 Å². The number of pyridine rings is 1. The number of aromatic nitrogens is 5. The first-order chi connectivity index (χ1) is 18.8. The van der Waals surface area contributed by atoms with Crippen LogP contribution >= 0.6 is 0 Å². The van der Waals surface area contributed by atoms with E-state index in [0.717, 1.165) is 36.6 Å². The van der Waals surface area contributed by atoms with E-state index in [1.165, 1.54) is 5.56 Å². The Hall–Kier alpha value is -4.88.